The van der Waals surface area contributed by atoms with Gasteiger partial charge in [0.2, 0.25) is 10.0 Å². The molecule has 0 aliphatic heterocycles. The van der Waals surface area contributed by atoms with Gasteiger partial charge in [-0.25, -0.2) is 8.42 Å². The van der Waals surface area contributed by atoms with Crippen LogP contribution < -0.4 is 10.5 Å². The summed E-state index contributed by atoms with van der Waals surface area (Å²) in [6.45, 7) is 0. The monoisotopic (exact) mass is 338 g/mol. The van der Waals surface area contributed by atoms with Gasteiger partial charge in [0.25, 0.3) is 0 Å². The highest BCUT2D eigenvalue weighted by Crippen LogP contribution is 2.39. The lowest BCUT2D eigenvalue weighted by molar-refractivity contribution is 0.607. The smallest absolute Gasteiger partial charge is 0.229 e. The van der Waals surface area contributed by atoms with Crippen molar-refractivity contribution < 1.29 is 8.42 Å². The van der Waals surface area contributed by atoms with Crippen molar-refractivity contribution in [1.82, 2.24) is 0 Å². The molecule has 1 aliphatic carbocycles. The van der Waals surface area contributed by atoms with Crippen LogP contribution in [-0.4, -0.2) is 20.7 Å². The van der Waals surface area contributed by atoms with Crippen molar-refractivity contribution in [3.05, 3.63) is 54.1 Å². The van der Waals surface area contributed by atoms with E-state index in [4.69, 9.17) is 5.73 Å². The van der Waals surface area contributed by atoms with E-state index in [0.29, 0.717) is 11.6 Å². The second kappa shape index (κ2) is 6.28. The van der Waals surface area contributed by atoms with E-state index in [9.17, 15) is 8.42 Å². The quantitative estimate of drug-likeness (QED) is 0.900. The molecule has 3 N–H and O–H groups in total. The number of hydrogen-bond acceptors (Lipinski definition) is 3. The first kappa shape index (κ1) is 16.8. The predicted molar refractivity (Wildman–Crippen MR) is 92.9 cm³/mol. The van der Waals surface area contributed by atoms with Crippen LogP contribution in [0.4, 0.5) is 5.69 Å². The number of para-hydroxylation sites is 1. The van der Waals surface area contributed by atoms with E-state index in [1.807, 2.05) is 30.3 Å². The van der Waals surface area contributed by atoms with Crippen LogP contribution in [-0.2, 0) is 10.0 Å². The predicted octanol–water partition coefficient (Wildman–Crippen LogP) is 2.96. The van der Waals surface area contributed by atoms with E-state index in [0.717, 1.165) is 23.8 Å². The Labute approximate surface area is 137 Å². The summed E-state index contributed by atoms with van der Waals surface area (Å²) in [7, 11) is -3.29. The van der Waals surface area contributed by atoms with Crippen molar-refractivity contribution in [2.45, 2.75) is 18.4 Å². The highest BCUT2D eigenvalue weighted by Gasteiger charge is 2.34. The second-order valence-corrected chi connectivity index (χ2v) is 7.30. The fourth-order valence-electron chi connectivity index (χ4n) is 2.53. The number of hydrogen-bond donors (Lipinski definition) is 2. The molecule has 0 heterocycles. The Bertz CT molecular complexity index is 760. The molecule has 0 spiro atoms. The molecule has 1 fully saturated rings. The van der Waals surface area contributed by atoms with Crippen LogP contribution in [0, 0.1) is 0 Å². The van der Waals surface area contributed by atoms with Gasteiger partial charge in [0.1, 0.15) is 0 Å². The fraction of sp³-hybridized carbons (Fsp3) is 0.250. The van der Waals surface area contributed by atoms with E-state index >= 15 is 0 Å². The maximum atomic E-state index is 11.4. The van der Waals surface area contributed by atoms with Gasteiger partial charge in [0, 0.05) is 17.5 Å². The molecule has 2 atom stereocenters. The number of nitrogens with two attached hydrogens (primary N) is 1. The van der Waals surface area contributed by atoms with Crippen LogP contribution in [0.3, 0.4) is 0 Å². The third-order valence-electron chi connectivity index (χ3n) is 3.71. The van der Waals surface area contributed by atoms with Gasteiger partial charge in [-0.3, -0.25) is 4.72 Å². The zero-order valence-corrected chi connectivity index (χ0v) is 13.8. The molecule has 0 bridgehead atoms. The summed E-state index contributed by atoms with van der Waals surface area (Å²) in [5.41, 5.74) is 9.56. The van der Waals surface area contributed by atoms with Crippen molar-refractivity contribution in [2.75, 3.05) is 11.0 Å². The Morgan fingerprint density at radius 3 is 2.23 bits per heavy atom. The van der Waals surface area contributed by atoms with Gasteiger partial charge in [-0.1, -0.05) is 42.5 Å². The van der Waals surface area contributed by atoms with Gasteiger partial charge in [-0.2, -0.15) is 0 Å². The van der Waals surface area contributed by atoms with Crippen LogP contribution in [0.1, 0.15) is 17.9 Å². The summed E-state index contributed by atoms with van der Waals surface area (Å²) >= 11 is 0. The molecule has 2 aromatic carbocycles. The molecule has 1 saturated carbocycles. The molecular weight excluding hydrogens is 320 g/mol. The highest BCUT2D eigenvalue weighted by molar-refractivity contribution is 7.92. The average Bonchev–Trinajstić information content (AvgIpc) is 3.15. The number of sulfonamides is 1. The summed E-state index contributed by atoms with van der Waals surface area (Å²) < 4.78 is 25.5. The molecule has 0 amide bonds. The van der Waals surface area contributed by atoms with Crippen molar-refractivity contribution in [3.63, 3.8) is 0 Å². The number of rotatable bonds is 4. The Kier molecular flexibility index (Phi) is 4.80. The molecule has 0 saturated heterocycles. The first-order chi connectivity index (χ1) is 9.94. The van der Waals surface area contributed by atoms with Crippen LogP contribution in [0.25, 0.3) is 11.1 Å². The first-order valence-electron chi connectivity index (χ1n) is 6.87. The zero-order valence-electron chi connectivity index (χ0n) is 12.2. The number of benzene rings is 2. The van der Waals surface area contributed by atoms with Gasteiger partial charge < -0.3 is 5.73 Å². The van der Waals surface area contributed by atoms with Crippen LogP contribution in [0.2, 0.25) is 0 Å². The van der Waals surface area contributed by atoms with Gasteiger partial charge in [-0.05, 0) is 23.6 Å². The van der Waals surface area contributed by atoms with Crippen molar-refractivity contribution in [2.24, 2.45) is 5.73 Å². The van der Waals surface area contributed by atoms with E-state index in [1.54, 1.807) is 6.07 Å². The minimum atomic E-state index is -3.29. The van der Waals surface area contributed by atoms with E-state index in [2.05, 4.69) is 16.9 Å². The zero-order chi connectivity index (χ0) is 15.0. The van der Waals surface area contributed by atoms with E-state index < -0.39 is 10.0 Å². The fourth-order valence-corrected chi connectivity index (χ4v) is 3.11. The summed E-state index contributed by atoms with van der Waals surface area (Å²) in [6.07, 6.45) is 2.20. The van der Waals surface area contributed by atoms with Gasteiger partial charge in [0.05, 0.1) is 11.9 Å². The molecule has 2 aromatic rings. The Morgan fingerprint density at radius 1 is 1.09 bits per heavy atom. The lowest BCUT2D eigenvalue weighted by Crippen LogP contribution is -2.10. The summed E-state index contributed by atoms with van der Waals surface area (Å²) in [6, 6.07) is 15.9. The molecule has 1 aliphatic rings. The van der Waals surface area contributed by atoms with Crippen LogP contribution in [0.5, 0.6) is 0 Å². The lowest BCUT2D eigenvalue weighted by atomic mass is 10.0. The van der Waals surface area contributed by atoms with Crippen molar-refractivity contribution in [1.29, 1.82) is 0 Å². The number of halogens is 1. The van der Waals surface area contributed by atoms with E-state index in [-0.39, 0.29) is 18.4 Å². The maximum Gasteiger partial charge on any atom is 0.229 e. The Morgan fingerprint density at radius 2 is 1.68 bits per heavy atom. The third-order valence-corrected chi connectivity index (χ3v) is 4.30. The van der Waals surface area contributed by atoms with Crippen LogP contribution in [0.15, 0.2) is 48.5 Å². The summed E-state index contributed by atoms with van der Waals surface area (Å²) in [5.74, 6) is 0.475. The minimum Gasteiger partial charge on any atom is -0.327 e. The third kappa shape index (κ3) is 3.80. The van der Waals surface area contributed by atoms with E-state index in [1.165, 1.54) is 5.56 Å². The largest absolute Gasteiger partial charge is 0.327 e. The molecule has 4 nitrogen and oxygen atoms in total. The molecule has 3 rings (SSSR count). The summed E-state index contributed by atoms with van der Waals surface area (Å²) in [5, 5.41) is 0. The van der Waals surface area contributed by atoms with Gasteiger partial charge in [0.15, 0.2) is 0 Å². The highest BCUT2D eigenvalue weighted by atomic mass is 35.5. The first-order valence-corrected chi connectivity index (χ1v) is 8.76. The SMILES string of the molecule is CS(=O)(=O)Nc1ccccc1-c1ccc(C2CC2N)cc1.Cl. The summed E-state index contributed by atoms with van der Waals surface area (Å²) in [4.78, 5) is 0. The minimum absolute atomic E-state index is 0. The molecule has 0 aromatic heterocycles. The standard InChI is InChI=1S/C16H18N2O2S.ClH/c1-21(19,20)18-16-5-3-2-4-13(16)11-6-8-12(9-7-11)14-10-15(14)17;/h2-9,14-15,18H,10,17H2,1H3;1H. The molecule has 0 radical (unpaired) electrons. The maximum absolute atomic E-state index is 11.4. The lowest BCUT2D eigenvalue weighted by Gasteiger charge is -2.11. The Balaban J connectivity index is 0.00000176. The number of anilines is 1. The molecule has 2 unspecified atom stereocenters. The second-order valence-electron chi connectivity index (χ2n) is 5.55. The molecule has 22 heavy (non-hydrogen) atoms. The van der Waals surface area contributed by atoms with Gasteiger partial charge in [-0.15, -0.1) is 12.4 Å². The Hall–Kier alpha value is -1.56. The van der Waals surface area contributed by atoms with Crippen molar-refractivity contribution >= 4 is 28.1 Å². The topological polar surface area (TPSA) is 72.2 Å². The van der Waals surface area contributed by atoms with Gasteiger partial charge >= 0.3 is 0 Å². The molecular formula is C16H19ClN2O2S. The normalized spacial score (nSPS) is 20.1. The van der Waals surface area contributed by atoms with Crippen molar-refractivity contribution in [3.8, 4) is 11.1 Å². The molecule has 6 heteroatoms. The number of nitrogens with one attached hydrogen (secondary N) is 1. The molecule has 118 valence electrons. The van der Waals surface area contributed by atoms with Crippen LogP contribution >= 0.6 is 12.4 Å². The average molecular weight is 339 g/mol.